The van der Waals surface area contributed by atoms with E-state index < -0.39 is 0 Å². The second kappa shape index (κ2) is 10.8. The van der Waals surface area contributed by atoms with Crippen LogP contribution in [0.25, 0.3) is 0 Å². The molecular formula is C19H25ClN2O2. The Morgan fingerprint density at radius 2 is 1.71 bits per heavy atom. The molecule has 0 fully saturated rings. The molecule has 2 aromatic rings. The molecule has 2 aromatic carbocycles. The molecule has 0 saturated heterocycles. The summed E-state index contributed by atoms with van der Waals surface area (Å²) >= 11 is 0. The van der Waals surface area contributed by atoms with Gasteiger partial charge in [-0.25, -0.2) is 0 Å². The third-order valence-electron chi connectivity index (χ3n) is 3.69. The predicted molar refractivity (Wildman–Crippen MR) is 98.9 cm³/mol. The molecule has 0 heterocycles. The minimum absolute atomic E-state index is 0. The van der Waals surface area contributed by atoms with Crippen LogP contribution in [-0.2, 0) is 22.7 Å². The summed E-state index contributed by atoms with van der Waals surface area (Å²) in [6.07, 6.45) is 0.275. The summed E-state index contributed by atoms with van der Waals surface area (Å²) in [4.78, 5) is 12.1. The summed E-state index contributed by atoms with van der Waals surface area (Å²) in [6, 6.07) is 17.4. The maximum Gasteiger partial charge on any atom is 0.222 e. The van der Waals surface area contributed by atoms with Crippen LogP contribution < -0.4 is 11.1 Å². The third kappa shape index (κ3) is 6.32. The zero-order valence-electron chi connectivity index (χ0n) is 13.9. The minimum atomic E-state index is -0.283. The highest BCUT2D eigenvalue weighted by atomic mass is 35.5. The SMILES string of the molecule is CCOCc1ccccc1CNC(=O)CC(N)c1ccccc1.Cl. The number of hydrogen-bond acceptors (Lipinski definition) is 3. The fourth-order valence-electron chi connectivity index (χ4n) is 2.37. The van der Waals surface area contributed by atoms with E-state index in [1.807, 2.05) is 61.5 Å². The Morgan fingerprint density at radius 1 is 1.08 bits per heavy atom. The average Bonchev–Trinajstić information content (AvgIpc) is 2.59. The number of ether oxygens (including phenoxy) is 1. The van der Waals surface area contributed by atoms with Gasteiger partial charge < -0.3 is 15.8 Å². The number of carbonyl (C=O) groups excluding carboxylic acids is 1. The Bertz CT molecular complexity index is 620. The predicted octanol–water partition coefficient (Wildman–Crippen LogP) is 3.35. The lowest BCUT2D eigenvalue weighted by atomic mass is 10.0. The minimum Gasteiger partial charge on any atom is -0.377 e. The highest BCUT2D eigenvalue weighted by Crippen LogP contribution is 2.14. The molecule has 1 atom stereocenters. The van der Waals surface area contributed by atoms with Gasteiger partial charge in [-0.15, -0.1) is 12.4 Å². The molecule has 3 N–H and O–H groups in total. The van der Waals surface area contributed by atoms with Crippen molar-refractivity contribution in [2.75, 3.05) is 6.61 Å². The molecule has 0 aliphatic rings. The fourth-order valence-corrected chi connectivity index (χ4v) is 2.37. The molecular weight excluding hydrogens is 324 g/mol. The number of benzene rings is 2. The van der Waals surface area contributed by atoms with Crippen LogP contribution in [0.15, 0.2) is 54.6 Å². The number of carbonyl (C=O) groups is 1. The Hall–Kier alpha value is -1.88. The van der Waals surface area contributed by atoms with E-state index in [1.54, 1.807) is 0 Å². The standard InChI is InChI=1S/C19H24N2O2.ClH/c1-2-23-14-17-11-7-6-10-16(17)13-21-19(22)12-18(20)15-8-4-3-5-9-15;/h3-11,18H,2,12-14,20H2,1H3,(H,21,22);1H. The van der Waals surface area contributed by atoms with Crippen LogP contribution in [0.5, 0.6) is 0 Å². The van der Waals surface area contributed by atoms with E-state index in [1.165, 1.54) is 0 Å². The highest BCUT2D eigenvalue weighted by Gasteiger charge is 2.11. The second-order valence-corrected chi connectivity index (χ2v) is 5.40. The van der Waals surface area contributed by atoms with E-state index >= 15 is 0 Å². The smallest absolute Gasteiger partial charge is 0.222 e. The average molecular weight is 349 g/mol. The number of halogens is 1. The molecule has 24 heavy (non-hydrogen) atoms. The Morgan fingerprint density at radius 3 is 2.38 bits per heavy atom. The highest BCUT2D eigenvalue weighted by molar-refractivity contribution is 5.85. The summed E-state index contributed by atoms with van der Waals surface area (Å²) in [7, 11) is 0. The molecule has 0 spiro atoms. The molecule has 2 rings (SSSR count). The molecule has 0 bridgehead atoms. The second-order valence-electron chi connectivity index (χ2n) is 5.40. The molecule has 0 radical (unpaired) electrons. The molecule has 0 saturated carbocycles. The van der Waals surface area contributed by atoms with Crippen LogP contribution in [0.1, 0.15) is 36.1 Å². The van der Waals surface area contributed by atoms with Crippen LogP contribution in [0.3, 0.4) is 0 Å². The van der Waals surface area contributed by atoms with Gasteiger partial charge in [0.2, 0.25) is 5.91 Å². The zero-order chi connectivity index (χ0) is 16.5. The van der Waals surface area contributed by atoms with E-state index in [9.17, 15) is 4.79 Å². The number of rotatable bonds is 8. The van der Waals surface area contributed by atoms with Crippen molar-refractivity contribution >= 4 is 18.3 Å². The first-order valence-corrected chi connectivity index (χ1v) is 7.92. The van der Waals surface area contributed by atoms with E-state index in [-0.39, 0.29) is 30.8 Å². The first kappa shape index (κ1) is 20.2. The van der Waals surface area contributed by atoms with E-state index in [2.05, 4.69) is 5.32 Å². The summed E-state index contributed by atoms with van der Waals surface area (Å²) in [5.74, 6) is -0.0485. The van der Waals surface area contributed by atoms with Crippen LogP contribution in [-0.4, -0.2) is 12.5 Å². The van der Waals surface area contributed by atoms with Crippen molar-refractivity contribution in [1.29, 1.82) is 0 Å². The van der Waals surface area contributed by atoms with Crippen molar-refractivity contribution in [2.24, 2.45) is 5.73 Å². The molecule has 1 unspecified atom stereocenters. The van der Waals surface area contributed by atoms with Gasteiger partial charge in [0.15, 0.2) is 0 Å². The monoisotopic (exact) mass is 348 g/mol. The van der Waals surface area contributed by atoms with Gasteiger partial charge in [0, 0.05) is 25.6 Å². The van der Waals surface area contributed by atoms with Crippen molar-refractivity contribution in [1.82, 2.24) is 5.32 Å². The van der Waals surface area contributed by atoms with Gasteiger partial charge in [0.25, 0.3) is 0 Å². The van der Waals surface area contributed by atoms with Gasteiger partial charge in [0.1, 0.15) is 0 Å². The Kier molecular flexibility index (Phi) is 9.08. The molecule has 0 aliphatic carbocycles. The molecule has 0 aromatic heterocycles. The summed E-state index contributed by atoms with van der Waals surface area (Å²) in [5.41, 5.74) is 9.22. The number of nitrogens with one attached hydrogen (secondary N) is 1. The lowest BCUT2D eigenvalue weighted by Gasteiger charge is -2.14. The molecule has 5 heteroatoms. The molecule has 1 amide bonds. The van der Waals surface area contributed by atoms with Crippen molar-refractivity contribution in [2.45, 2.75) is 32.5 Å². The van der Waals surface area contributed by atoms with Crippen molar-refractivity contribution in [3.05, 3.63) is 71.3 Å². The summed E-state index contributed by atoms with van der Waals surface area (Å²) in [5, 5.41) is 2.94. The van der Waals surface area contributed by atoms with E-state index in [0.29, 0.717) is 19.8 Å². The lowest BCUT2D eigenvalue weighted by Crippen LogP contribution is -2.27. The molecule has 0 aliphatic heterocycles. The first-order chi connectivity index (χ1) is 11.2. The van der Waals surface area contributed by atoms with Gasteiger partial charge in [-0.3, -0.25) is 4.79 Å². The zero-order valence-corrected chi connectivity index (χ0v) is 14.7. The van der Waals surface area contributed by atoms with Gasteiger partial charge in [-0.1, -0.05) is 54.6 Å². The summed E-state index contributed by atoms with van der Waals surface area (Å²) in [6.45, 7) is 3.69. The maximum atomic E-state index is 12.1. The van der Waals surface area contributed by atoms with Crippen LogP contribution in [0.4, 0.5) is 0 Å². The Labute approximate surface area is 149 Å². The molecule has 4 nitrogen and oxygen atoms in total. The number of nitrogens with two attached hydrogens (primary N) is 1. The maximum absolute atomic E-state index is 12.1. The van der Waals surface area contributed by atoms with Gasteiger partial charge >= 0.3 is 0 Å². The topological polar surface area (TPSA) is 64.3 Å². The summed E-state index contributed by atoms with van der Waals surface area (Å²) < 4.78 is 5.46. The third-order valence-corrected chi connectivity index (χ3v) is 3.69. The van der Waals surface area contributed by atoms with Gasteiger partial charge in [-0.2, -0.15) is 0 Å². The van der Waals surface area contributed by atoms with Gasteiger partial charge in [-0.05, 0) is 23.6 Å². The van der Waals surface area contributed by atoms with Crippen LogP contribution >= 0.6 is 12.4 Å². The van der Waals surface area contributed by atoms with Crippen molar-refractivity contribution < 1.29 is 9.53 Å². The van der Waals surface area contributed by atoms with E-state index in [0.717, 1.165) is 16.7 Å². The first-order valence-electron chi connectivity index (χ1n) is 7.92. The van der Waals surface area contributed by atoms with Crippen molar-refractivity contribution in [3.8, 4) is 0 Å². The number of amides is 1. The largest absolute Gasteiger partial charge is 0.377 e. The van der Waals surface area contributed by atoms with E-state index in [4.69, 9.17) is 10.5 Å². The molecule has 130 valence electrons. The lowest BCUT2D eigenvalue weighted by molar-refractivity contribution is -0.121. The van der Waals surface area contributed by atoms with Crippen molar-refractivity contribution in [3.63, 3.8) is 0 Å². The van der Waals surface area contributed by atoms with Gasteiger partial charge in [0.05, 0.1) is 6.61 Å². The normalized spacial score (nSPS) is 11.4. The van der Waals surface area contributed by atoms with Crippen LogP contribution in [0, 0.1) is 0 Å². The Balaban J connectivity index is 0.00000288. The fraction of sp³-hybridized carbons (Fsp3) is 0.316. The number of hydrogen-bond donors (Lipinski definition) is 2. The quantitative estimate of drug-likeness (QED) is 0.768. The van der Waals surface area contributed by atoms with Crippen LogP contribution in [0.2, 0.25) is 0 Å².